The van der Waals surface area contributed by atoms with E-state index in [4.69, 9.17) is 37.3 Å². The van der Waals surface area contributed by atoms with Gasteiger partial charge in [-0.2, -0.15) is 0 Å². The minimum Gasteiger partial charge on any atom is -0.544 e. The zero-order valence-corrected chi connectivity index (χ0v) is 11.2. The second-order valence-corrected chi connectivity index (χ2v) is 0.756. The summed E-state index contributed by atoms with van der Waals surface area (Å²) in [5.41, 5.74) is 0. The van der Waals surface area contributed by atoms with Crippen LogP contribution in [0.15, 0.2) is 0 Å². The Hall–Kier alpha value is 1.64. The van der Waals surface area contributed by atoms with E-state index < -0.39 is 45.3 Å². The molecular formula is Cl4O8Sn. The van der Waals surface area contributed by atoms with Gasteiger partial charge in [-0.1, -0.05) is 0 Å². The first kappa shape index (κ1) is 29.3. The second kappa shape index (κ2) is 68.5. The average Bonchev–Trinajstić information content (AvgIpc) is 1.92. The molecule has 13 heteroatoms. The van der Waals surface area contributed by atoms with Crippen LogP contribution in [0.2, 0.25) is 0 Å². The van der Waals surface area contributed by atoms with Crippen LogP contribution in [0.25, 0.3) is 0 Å². The molecule has 0 unspecified atom stereocenters. The summed E-state index contributed by atoms with van der Waals surface area (Å²) >= 11 is -1.67. The van der Waals surface area contributed by atoms with Gasteiger partial charge in [0.25, 0.3) is 0 Å². The van der Waals surface area contributed by atoms with Gasteiger partial charge in [-0.15, -0.1) is 0 Å². The van der Waals surface area contributed by atoms with Crippen molar-refractivity contribution < 1.29 is 82.6 Å². The molecule has 0 fully saturated rings. The van der Waals surface area contributed by atoms with Crippen molar-refractivity contribution in [3.8, 4) is 0 Å². The van der Waals surface area contributed by atoms with Gasteiger partial charge < -0.3 is 37.3 Å². The first-order valence-corrected chi connectivity index (χ1v) is 3.70. The van der Waals surface area contributed by atoms with Crippen LogP contribution in [0.5, 0.6) is 0 Å². The van der Waals surface area contributed by atoms with Gasteiger partial charge in [0.1, 0.15) is 0 Å². The fraction of sp³-hybridized carbons (Fsp3) is 0. The Balaban J connectivity index is -0.0000000213. The van der Waals surface area contributed by atoms with E-state index in [1.54, 1.807) is 0 Å². The minimum absolute atomic E-state index is 0. The minimum atomic E-state index is -0.417. The number of rotatable bonds is 0. The second-order valence-electron chi connectivity index (χ2n) is 0.252. The normalized spacial score (nSPS) is 5.54. The van der Waals surface area contributed by atoms with E-state index in [1.807, 2.05) is 0 Å². The molecule has 0 aromatic rings. The summed E-state index contributed by atoms with van der Waals surface area (Å²) in [5, 5.41) is 0. The molecule has 0 aliphatic carbocycles. The molecule has 0 aliphatic heterocycles. The first-order valence-electron chi connectivity index (χ1n) is 1.23. The van der Waals surface area contributed by atoms with E-state index in [9.17, 15) is 0 Å². The summed E-state index contributed by atoms with van der Waals surface area (Å²) in [6, 6.07) is 0. The fourth-order valence-electron chi connectivity index (χ4n) is 0. The van der Waals surface area contributed by atoms with Crippen molar-refractivity contribution in [1.82, 2.24) is 0 Å². The molecule has 13 heavy (non-hydrogen) atoms. The van der Waals surface area contributed by atoms with Crippen molar-refractivity contribution in [3.05, 3.63) is 0 Å². The maximum atomic E-state index is 8.24. The van der Waals surface area contributed by atoms with E-state index >= 15 is 0 Å². The van der Waals surface area contributed by atoms with Crippen molar-refractivity contribution in [1.29, 1.82) is 0 Å². The molecule has 0 spiro atoms. The summed E-state index contributed by atoms with van der Waals surface area (Å²) in [6.45, 7) is 0. The van der Waals surface area contributed by atoms with Gasteiger partial charge in [-0.25, -0.2) is 0 Å². The maximum absolute atomic E-state index is 8.24. The third-order valence-electron chi connectivity index (χ3n) is 0. The van der Waals surface area contributed by atoms with Crippen LogP contribution in [0.3, 0.4) is 0 Å². The smallest absolute Gasteiger partial charge is 0.544 e. The third kappa shape index (κ3) is 688. The van der Waals surface area contributed by atoms with Gasteiger partial charge in [0.15, 0.2) is 0 Å². The van der Waals surface area contributed by atoms with Crippen molar-refractivity contribution >= 4 is 23.9 Å². The Morgan fingerprint density at radius 3 is 0.385 bits per heavy atom. The zero-order valence-electron chi connectivity index (χ0n) is 5.28. The van der Waals surface area contributed by atoms with Gasteiger partial charge >= 0.3 is 23.9 Å². The van der Waals surface area contributed by atoms with E-state index in [0.29, 0.717) is 0 Å². The van der Waals surface area contributed by atoms with Crippen LogP contribution in [0, 0.1) is 45.3 Å². The van der Waals surface area contributed by atoms with Gasteiger partial charge in [0.2, 0.25) is 0 Å². The van der Waals surface area contributed by atoms with Crippen LogP contribution in [-0.4, -0.2) is 23.9 Å². The molecule has 0 amide bonds. The summed E-state index contributed by atoms with van der Waals surface area (Å²) in [5.74, 6) is 0. The molecule has 0 radical (unpaired) electrons. The number of halogens is 4. The molecule has 0 aromatic heterocycles. The van der Waals surface area contributed by atoms with Crippen LogP contribution < -0.4 is 37.3 Å². The molecule has 0 saturated carbocycles. The Bertz CT molecular complexity index is 24.1. The largest absolute Gasteiger partial charge is 4.00 e. The third-order valence-corrected chi connectivity index (χ3v) is 0. The monoisotopic (exact) mass is 388 g/mol. The zero-order chi connectivity index (χ0) is 10.8. The van der Waals surface area contributed by atoms with Gasteiger partial charge in [0, 0.05) is 0 Å². The topological polar surface area (TPSA) is 184 Å². The van der Waals surface area contributed by atoms with E-state index in [-0.39, 0.29) is 23.9 Å². The molecule has 0 rings (SSSR count). The Morgan fingerprint density at radius 2 is 0.385 bits per heavy atom. The molecule has 0 aromatic carbocycles. The summed E-state index contributed by atoms with van der Waals surface area (Å²) in [7, 11) is 0. The molecule has 0 saturated heterocycles. The average molecular weight is 389 g/mol. The summed E-state index contributed by atoms with van der Waals surface area (Å²) in [4.78, 5) is 0. The van der Waals surface area contributed by atoms with Crippen LogP contribution in [0.4, 0.5) is 0 Å². The molecule has 8 nitrogen and oxygen atoms in total. The van der Waals surface area contributed by atoms with Crippen LogP contribution >= 0.6 is 0 Å². The molecule has 0 heterocycles. The maximum Gasteiger partial charge on any atom is 4.00 e. The molecular weight excluding hydrogens is 389 g/mol. The van der Waals surface area contributed by atoms with E-state index in [1.165, 1.54) is 0 Å². The molecule has 80 valence electrons. The molecule has 0 aliphatic rings. The van der Waals surface area contributed by atoms with Gasteiger partial charge in [-0.05, 0) is 0 Å². The SMILES string of the molecule is [O-][Cl+][O-].[O-][Cl+][O-].[O-][Cl+][O-].[O-][Cl+][O-].[Sn+4]. The van der Waals surface area contributed by atoms with Gasteiger partial charge in [-0.3, -0.25) is 0 Å². The Labute approximate surface area is 106 Å². The predicted octanol–water partition coefficient (Wildman–Crippen LogP) is -9.89. The van der Waals surface area contributed by atoms with Crippen LogP contribution in [-0.2, 0) is 0 Å². The van der Waals surface area contributed by atoms with Crippen molar-refractivity contribution in [3.63, 3.8) is 0 Å². The van der Waals surface area contributed by atoms with Gasteiger partial charge in [0.05, 0.1) is 45.3 Å². The van der Waals surface area contributed by atoms with Crippen molar-refractivity contribution in [2.24, 2.45) is 0 Å². The summed E-state index contributed by atoms with van der Waals surface area (Å²) < 4.78 is 65.9. The molecule has 0 N–H and O–H groups in total. The predicted molar refractivity (Wildman–Crippen MR) is 5.75 cm³/mol. The quantitative estimate of drug-likeness (QED) is 0.366. The van der Waals surface area contributed by atoms with Crippen LogP contribution in [0.1, 0.15) is 0 Å². The Morgan fingerprint density at radius 1 is 0.385 bits per heavy atom. The number of hydrogen-bond donors (Lipinski definition) is 0. The summed E-state index contributed by atoms with van der Waals surface area (Å²) in [6.07, 6.45) is 0. The first-order chi connectivity index (χ1) is 5.66. The van der Waals surface area contributed by atoms with E-state index in [0.717, 1.165) is 0 Å². The van der Waals surface area contributed by atoms with E-state index in [2.05, 4.69) is 0 Å². The fourth-order valence-corrected chi connectivity index (χ4v) is 0. The van der Waals surface area contributed by atoms with Crippen molar-refractivity contribution in [2.45, 2.75) is 0 Å². The molecule has 0 atom stereocenters. The standard InChI is InChI=1S/4ClO2.Sn/c4*2-1-3;/q4*-1;+4. The Kier molecular flexibility index (Phi) is 154. The van der Waals surface area contributed by atoms with Crippen molar-refractivity contribution in [2.75, 3.05) is 0 Å². The molecule has 0 bridgehead atoms. The number of hydrogen-bond acceptors (Lipinski definition) is 8.